The number of urea groups is 1. The van der Waals surface area contributed by atoms with Crippen LogP contribution in [-0.2, 0) is 13.1 Å². The van der Waals surface area contributed by atoms with E-state index in [-0.39, 0.29) is 0 Å². The molecule has 0 bridgehead atoms. The number of amides is 2. The van der Waals surface area contributed by atoms with E-state index in [0.717, 1.165) is 24.3 Å². The lowest BCUT2D eigenvalue weighted by Crippen LogP contribution is -2.19. The molecular formula is C14H19N5O. The van der Waals surface area contributed by atoms with Crippen LogP contribution in [0.1, 0.15) is 19.0 Å². The Balaban J connectivity index is 1.99. The second-order valence-electron chi connectivity index (χ2n) is 4.47. The summed E-state index contributed by atoms with van der Waals surface area (Å²) in [6.07, 6.45) is 2.85. The van der Waals surface area contributed by atoms with Gasteiger partial charge in [-0.25, -0.2) is 4.79 Å². The van der Waals surface area contributed by atoms with Gasteiger partial charge in [-0.3, -0.25) is 4.68 Å². The van der Waals surface area contributed by atoms with E-state index in [1.54, 1.807) is 12.3 Å². The number of nitrogens with one attached hydrogen (secondary N) is 2. The molecule has 1 aromatic carbocycles. The van der Waals surface area contributed by atoms with Crippen LogP contribution in [0.4, 0.5) is 16.2 Å². The number of aryl methyl sites for hydroxylation is 1. The lowest BCUT2D eigenvalue weighted by atomic mass is 10.2. The van der Waals surface area contributed by atoms with Crippen molar-refractivity contribution in [3.63, 3.8) is 0 Å². The van der Waals surface area contributed by atoms with Crippen LogP contribution >= 0.6 is 0 Å². The van der Waals surface area contributed by atoms with Crippen molar-refractivity contribution in [3.8, 4) is 0 Å². The van der Waals surface area contributed by atoms with Crippen LogP contribution < -0.4 is 16.4 Å². The largest absolute Gasteiger partial charge is 0.379 e. The average Bonchev–Trinajstić information content (AvgIpc) is 2.84. The maximum absolute atomic E-state index is 10.8. The molecule has 0 spiro atoms. The quantitative estimate of drug-likeness (QED) is 0.755. The van der Waals surface area contributed by atoms with Crippen LogP contribution in [0.2, 0.25) is 0 Å². The summed E-state index contributed by atoms with van der Waals surface area (Å²) < 4.78 is 1.98. The van der Waals surface area contributed by atoms with Crippen LogP contribution in [0, 0.1) is 0 Å². The van der Waals surface area contributed by atoms with Crippen LogP contribution in [0.15, 0.2) is 36.5 Å². The van der Waals surface area contributed by atoms with Crippen LogP contribution in [0.5, 0.6) is 0 Å². The Hall–Kier alpha value is -2.50. The number of aromatic nitrogens is 2. The summed E-state index contributed by atoms with van der Waals surface area (Å²) in [5.41, 5.74) is 7.81. The monoisotopic (exact) mass is 273 g/mol. The zero-order chi connectivity index (χ0) is 14.4. The molecule has 20 heavy (non-hydrogen) atoms. The molecule has 0 fully saturated rings. The highest BCUT2D eigenvalue weighted by atomic mass is 16.2. The molecule has 2 aromatic rings. The van der Waals surface area contributed by atoms with E-state index >= 15 is 0 Å². The number of carbonyl (C=O) groups excluding carboxylic acids is 1. The summed E-state index contributed by atoms with van der Waals surface area (Å²) in [4.78, 5) is 10.8. The molecule has 0 aliphatic heterocycles. The van der Waals surface area contributed by atoms with Crippen molar-refractivity contribution in [2.75, 3.05) is 10.6 Å². The third kappa shape index (κ3) is 3.74. The molecule has 0 aliphatic rings. The Morgan fingerprint density at radius 3 is 2.90 bits per heavy atom. The summed E-state index contributed by atoms with van der Waals surface area (Å²) in [5.74, 6) is 0. The van der Waals surface area contributed by atoms with Gasteiger partial charge in [0, 0.05) is 24.1 Å². The van der Waals surface area contributed by atoms with Gasteiger partial charge in [0.2, 0.25) is 0 Å². The highest BCUT2D eigenvalue weighted by molar-refractivity contribution is 5.88. The fraction of sp³-hybridized carbons (Fsp3) is 0.286. The number of carbonyl (C=O) groups is 1. The molecule has 0 saturated heterocycles. The number of primary amides is 1. The van der Waals surface area contributed by atoms with Gasteiger partial charge in [0.15, 0.2) is 0 Å². The first-order valence-corrected chi connectivity index (χ1v) is 6.60. The van der Waals surface area contributed by atoms with E-state index < -0.39 is 6.03 Å². The van der Waals surface area contributed by atoms with Crippen molar-refractivity contribution in [1.29, 1.82) is 0 Å². The molecule has 4 N–H and O–H groups in total. The minimum Gasteiger partial charge on any atom is -0.379 e. The lowest BCUT2D eigenvalue weighted by Gasteiger charge is -2.10. The summed E-state index contributed by atoms with van der Waals surface area (Å²) >= 11 is 0. The predicted octanol–water partition coefficient (Wildman–Crippen LogP) is 2.40. The molecule has 0 unspecified atom stereocenters. The molecule has 6 heteroatoms. The second kappa shape index (κ2) is 6.60. The van der Waals surface area contributed by atoms with Crippen LogP contribution in [0.25, 0.3) is 0 Å². The minimum absolute atomic E-state index is 0.567. The number of rotatable bonds is 6. The Morgan fingerprint density at radius 1 is 1.35 bits per heavy atom. The van der Waals surface area contributed by atoms with Gasteiger partial charge in [0.1, 0.15) is 0 Å². The molecule has 1 heterocycles. The average molecular weight is 273 g/mol. The van der Waals surface area contributed by atoms with Gasteiger partial charge in [-0.1, -0.05) is 13.0 Å². The summed E-state index contributed by atoms with van der Waals surface area (Å²) in [7, 11) is 0. The molecule has 1 aromatic heterocycles. The van der Waals surface area contributed by atoms with E-state index in [0.29, 0.717) is 12.2 Å². The van der Waals surface area contributed by atoms with Gasteiger partial charge in [-0.15, -0.1) is 0 Å². The number of nitrogens with two attached hydrogens (primary N) is 1. The normalized spacial score (nSPS) is 10.2. The zero-order valence-electron chi connectivity index (χ0n) is 11.5. The molecule has 106 valence electrons. The lowest BCUT2D eigenvalue weighted by molar-refractivity contribution is 0.259. The van der Waals surface area contributed by atoms with E-state index in [9.17, 15) is 4.79 Å². The molecule has 0 radical (unpaired) electrons. The van der Waals surface area contributed by atoms with E-state index in [1.807, 2.05) is 28.9 Å². The van der Waals surface area contributed by atoms with Crippen molar-refractivity contribution < 1.29 is 4.79 Å². The maximum atomic E-state index is 10.8. The first kappa shape index (κ1) is 13.9. The highest BCUT2D eigenvalue weighted by Gasteiger charge is 2.02. The van der Waals surface area contributed by atoms with E-state index in [2.05, 4.69) is 22.7 Å². The van der Waals surface area contributed by atoms with E-state index in [1.165, 1.54) is 0 Å². The SMILES string of the molecule is CCCn1nccc1CNc1cccc(NC(N)=O)c1. The van der Waals surface area contributed by atoms with Crippen molar-refractivity contribution in [1.82, 2.24) is 9.78 Å². The van der Waals surface area contributed by atoms with Crippen LogP contribution in [0.3, 0.4) is 0 Å². The molecule has 0 saturated carbocycles. The number of hydrogen-bond donors (Lipinski definition) is 3. The van der Waals surface area contributed by atoms with Crippen LogP contribution in [-0.4, -0.2) is 15.8 Å². The maximum Gasteiger partial charge on any atom is 0.316 e. The number of nitrogens with zero attached hydrogens (tertiary/aromatic N) is 2. The Labute approximate surface area is 118 Å². The van der Waals surface area contributed by atoms with Gasteiger partial charge < -0.3 is 16.4 Å². The van der Waals surface area contributed by atoms with Gasteiger partial charge >= 0.3 is 6.03 Å². The van der Waals surface area contributed by atoms with Crippen molar-refractivity contribution in [2.24, 2.45) is 5.73 Å². The Morgan fingerprint density at radius 2 is 2.15 bits per heavy atom. The summed E-state index contributed by atoms with van der Waals surface area (Å²) in [5, 5.41) is 10.1. The summed E-state index contributed by atoms with van der Waals surface area (Å²) in [6.45, 7) is 3.71. The van der Waals surface area contributed by atoms with E-state index in [4.69, 9.17) is 5.73 Å². The fourth-order valence-electron chi connectivity index (χ4n) is 1.97. The zero-order valence-corrected chi connectivity index (χ0v) is 11.5. The van der Waals surface area contributed by atoms with Crippen molar-refractivity contribution >= 4 is 17.4 Å². The molecular weight excluding hydrogens is 254 g/mol. The van der Waals surface area contributed by atoms with Gasteiger partial charge in [0.25, 0.3) is 0 Å². The number of anilines is 2. The Kier molecular flexibility index (Phi) is 4.60. The highest BCUT2D eigenvalue weighted by Crippen LogP contribution is 2.15. The first-order valence-electron chi connectivity index (χ1n) is 6.60. The van der Waals surface area contributed by atoms with Gasteiger partial charge in [-0.05, 0) is 30.7 Å². The standard InChI is InChI=1S/C14H19N5O/c1-2-8-19-13(6-7-17-19)10-16-11-4-3-5-12(9-11)18-14(15)20/h3-7,9,16H,2,8,10H2,1H3,(H3,15,18,20). The molecule has 2 amide bonds. The minimum atomic E-state index is -0.567. The number of hydrogen-bond acceptors (Lipinski definition) is 3. The second-order valence-corrected chi connectivity index (χ2v) is 4.47. The predicted molar refractivity (Wildman–Crippen MR) is 79.5 cm³/mol. The molecule has 0 atom stereocenters. The Bertz CT molecular complexity index is 578. The molecule has 6 nitrogen and oxygen atoms in total. The van der Waals surface area contributed by atoms with Gasteiger partial charge in [-0.2, -0.15) is 5.10 Å². The summed E-state index contributed by atoms with van der Waals surface area (Å²) in [6, 6.07) is 8.85. The van der Waals surface area contributed by atoms with Crippen molar-refractivity contribution in [2.45, 2.75) is 26.4 Å². The first-order chi connectivity index (χ1) is 9.69. The smallest absolute Gasteiger partial charge is 0.316 e. The third-order valence-electron chi connectivity index (χ3n) is 2.84. The van der Waals surface area contributed by atoms with Gasteiger partial charge in [0.05, 0.1) is 12.2 Å². The number of benzene rings is 1. The fourth-order valence-corrected chi connectivity index (χ4v) is 1.97. The topological polar surface area (TPSA) is 85.0 Å². The van der Waals surface area contributed by atoms with Crippen molar-refractivity contribution in [3.05, 3.63) is 42.2 Å². The third-order valence-corrected chi connectivity index (χ3v) is 2.84. The molecule has 2 rings (SSSR count). The molecule has 0 aliphatic carbocycles.